The van der Waals surface area contributed by atoms with Crippen LogP contribution in [0.3, 0.4) is 0 Å². The van der Waals surface area contributed by atoms with Crippen molar-refractivity contribution in [2.75, 3.05) is 54.6 Å². The largest absolute Gasteiger partial charge is 0.493 e. The van der Waals surface area contributed by atoms with Gasteiger partial charge in [0.1, 0.15) is 5.60 Å². The third-order valence-corrected chi connectivity index (χ3v) is 5.78. The Morgan fingerprint density at radius 3 is 1.56 bits per heavy atom. The molecule has 2 aromatic rings. The summed E-state index contributed by atoms with van der Waals surface area (Å²) < 4.78 is 27.6. The average molecular weight is 473 g/mol. The van der Waals surface area contributed by atoms with Crippen LogP contribution < -0.4 is 18.9 Å². The number of hydrogen-bond donors (Lipinski definition) is 0. The van der Waals surface area contributed by atoms with Crippen molar-refractivity contribution in [3.8, 4) is 23.0 Å². The normalized spacial score (nSPS) is 14.6. The molecule has 2 aromatic carbocycles. The first-order valence-electron chi connectivity index (χ1n) is 11.4. The molecule has 1 aliphatic heterocycles. The molecule has 0 spiro atoms. The lowest BCUT2D eigenvalue weighted by atomic mass is 9.95. The molecule has 1 fully saturated rings. The number of methoxy groups -OCH3 is 4. The van der Waals surface area contributed by atoms with E-state index in [1.54, 1.807) is 33.3 Å². The van der Waals surface area contributed by atoms with Gasteiger partial charge < -0.3 is 28.6 Å². The Balaban J connectivity index is 1.93. The van der Waals surface area contributed by atoms with E-state index in [-0.39, 0.29) is 12.1 Å². The van der Waals surface area contributed by atoms with Crippen molar-refractivity contribution in [1.82, 2.24) is 9.80 Å². The zero-order valence-electron chi connectivity index (χ0n) is 21.2. The first-order valence-corrected chi connectivity index (χ1v) is 11.4. The molecule has 8 nitrogen and oxygen atoms in total. The summed E-state index contributed by atoms with van der Waals surface area (Å²) in [5.74, 6) is 2.68. The molecule has 34 heavy (non-hydrogen) atoms. The number of rotatable bonds is 7. The molecular weight excluding hydrogens is 436 g/mol. The summed E-state index contributed by atoms with van der Waals surface area (Å²) in [6.07, 6.45) is -0.277. The van der Waals surface area contributed by atoms with Crippen molar-refractivity contribution in [1.29, 1.82) is 0 Å². The lowest BCUT2D eigenvalue weighted by Crippen LogP contribution is -2.51. The number of nitrogens with zero attached hydrogens (tertiary/aromatic N) is 2. The van der Waals surface area contributed by atoms with Crippen LogP contribution in [0.5, 0.6) is 23.0 Å². The summed E-state index contributed by atoms with van der Waals surface area (Å²) >= 11 is 0. The highest BCUT2D eigenvalue weighted by atomic mass is 16.6. The smallest absolute Gasteiger partial charge is 0.410 e. The van der Waals surface area contributed by atoms with Crippen LogP contribution in [0.15, 0.2) is 36.4 Å². The molecule has 0 atom stereocenters. The van der Waals surface area contributed by atoms with E-state index in [2.05, 4.69) is 4.90 Å². The van der Waals surface area contributed by atoms with Gasteiger partial charge in [-0.2, -0.15) is 0 Å². The van der Waals surface area contributed by atoms with Crippen LogP contribution in [-0.4, -0.2) is 76.1 Å². The van der Waals surface area contributed by atoms with Crippen molar-refractivity contribution in [2.45, 2.75) is 32.4 Å². The van der Waals surface area contributed by atoms with Gasteiger partial charge in [-0.15, -0.1) is 0 Å². The van der Waals surface area contributed by atoms with Gasteiger partial charge in [0.25, 0.3) is 0 Å². The maximum atomic E-state index is 12.6. The molecule has 0 aromatic heterocycles. The molecule has 3 rings (SSSR count). The number of piperazine rings is 1. The molecule has 1 saturated heterocycles. The number of carbonyl (C=O) groups is 1. The third-order valence-electron chi connectivity index (χ3n) is 5.78. The van der Waals surface area contributed by atoms with E-state index in [9.17, 15) is 4.79 Å². The van der Waals surface area contributed by atoms with E-state index in [0.717, 1.165) is 11.1 Å². The van der Waals surface area contributed by atoms with Crippen molar-refractivity contribution < 1.29 is 28.5 Å². The Hall–Kier alpha value is -3.13. The molecule has 0 radical (unpaired) electrons. The summed E-state index contributed by atoms with van der Waals surface area (Å²) in [6.45, 7) is 8.17. The average Bonchev–Trinajstić information content (AvgIpc) is 2.83. The number of hydrogen-bond acceptors (Lipinski definition) is 7. The molecule has 0 saturated carbocycles. The standard InChI is InChI=1S/C26H36N2O6/c1-26(2,3)34-25(29)28-14-12-27(13-15-28)24(18-8-10-20(30-4)22(16-18)32-6)19-9-11-21(31-5)23(17-19)33-7/h8-11,16-17,24H,12-15H2,1-7H3. The minimum atomic E-state index is -0.518. The topological polar surface area (TPSA) is 69.7 Å². The van der Waals surface area contributed by atoms with E-state index in [4.69, 9.17) is 23.7 Å². The second kappa shape index (κ2) is 10.9. The third kappa shape index (κ3) is 5.86. The maximum Gasteiger partial charge on any atom is 0.410 e. The predicted molar refractivity (Wildman–Crippen MR) is 130 cm³/mol. The summed E-state index contributed by atoms with van der Waals surface area (Å²) in [5, 5.41) is 0. The molecule has 0 bridgehead atoms. The fourth-order valence-electron chi connectivity index (χ4n) is 4.15. The van der Waals surface area contributed by atoms with Gasteiger partial charge >= 0.3 is 6.09 Å². The number of amides is 1. The minimum Gasteiger partial charge on any atom is -0.493 e. The summed E-state index contributed by atoms with van der Waals surface area (Å²) in [5.41, 5.74) is 1.59. The van der Waals surface area contributed by atoms with Crippen molar-refractivity contribution >= 4 is 6.09 Å². The summed E-state index contributed by atoms with van der Waals surface area (Å²) in [7, 11) is 6.51. The SMILES string of the molecule is COc1ccc(C(c2ccc(OC)c(OC)c2)N2CCN(C(=O)OC(C)(C)C)CC2)cc1OC. The Kier molecular flexibility index (Phi) is 8.15. The highest BCUT2D eigenvalue weighted by Gasteiger charge is 2.31. The fraction of sp³-hybridized carbons (Fsp3) is 0.500. The van der Waals surface area contributed by atoms with E-state index in [1.165, 1.54) is 0 Å². The number of ether oxygens (including phenoxy) is 5. The Morgan fingerprint density at radius 2 is 1.18 bits per heavy atom. The van der Waals surface area contributed by atoms with Crippen LogP contribution in [0.25, 0.3) is 0 Å². The molecule has 1 amide bonds. The van der Waals surface area contributed by atoms with Crippen LogP contribution in [-0.2, 0) is 4.74 Å². The van der Waals surface area contributed by atoms with Crippen LogP contribution in [0.2, 0.25) is 0 Å². The van der Waals surface area contributed by atoms with Crippen molar-refractivity contribution in [3.05, 3.63) is 47.5 Å². The Labute approximate surface area is 202 Å². The Bertz CT molecular complexity index is 924. The second-order valence-electron chi connectivity index (χ2n) is 9.13. The molecule has 0 aliphatic carbocycles. The van der Waals surface area contributed by atoms with Crippen molar-refractivity contribution in [3.63, 3.8) is 0 Å². The molecular formula is C26H36N2O6. The van der Waals surface area contributed by atoms with Crippen LogP contribution in [0.4, 0.5) is 4.79 Å². The van der Waals surface area contributed by atoms with Gasteiger partial charge in [-0.1, -0.05) is 12.1 Å². The quantitative estimate of drug-likeness (QED) is 0.593. The summed E-state index contributed by atoms with van der Waals surface area (Å²) in [6, 6.07) is 11.8. The first kappa shape index (κ1) is 25.5. The molecule has 186 valence electrons. The van der Waals surface area contributed by atoms with Crippen molar-refractivity contribution in [2.24, 2.45) is 0 Å². The second-order valence-corrected chi connectivity index (χ2v) is 9.13. The van der Waals surface area contributed by atoms with Gasteiger partial charge in [-0.05, 0) is 56.2 Å². The lowest BCUT2D eigenvalue weighted by Gasteiger charge is -2.40. The zero-order chi connectivity index (χ0) is 24.9. The predicted octanol–water partition coefficient (Wildman–Crippen LogP) is 4.36. The molecule has 1 heterocycles. The van der Waals surface area contributed by atoms with E-state index >= 15 is 0 Å². The molecule has 1 aliphatic rings. The van der Waals surface area contributed by atoms with Gasteiger partial charge in [0.2, 0.25) is 0 Å². The van der Waals surface area contributed by atoms with Crippen LogP contribution >= 0.6 is 0 Å². The summed E-state index contributed by atoms with van der Waals surface area (Å²) in [4.78, 5) is 16.7. The maximum absolute atomic E-state index is 12.6. The van der Waals surface area contributed by atoms with E-state index in [1.807, 2.05) is 57.2 Å². The Morgan fingerprint density at radius 1 is 0.735 bits per heavy atom. The highest BCUT2D eigenvalue weighted by molar-refractivity contribution is 5.68. The fourth-order valence-corrected chi connectivity index (χ4v) is 4.15. The zero-order valence-corrected chi connectivity index (χ0v) is 21.2. The minimum absolute atomic E-state index is 0.0830. The van der Waals surface area contributed by atoms with Crippen LogP contribution in [0.1, 0.15) is 37.9 Å². The molecule has 0 unspecified atom stereocenters. The first-order chi connectivity index (χ1) is 16.2. The van der Waals surface area contributed by atoms with E-state index < -0.39 is 5.60 Å². The van der Waals surface area contributed by atoms with Gasteiger partial charge in [-0.3, -0.25) is 4.90 Å². The molecule has 0 N–H and O–H groups in total. The van der Waals surface area contributed by atoms with Gasteiger partial charge in [0, 0.05) is 26.2 Å². The van der Waals surface area contributed by atoms with Gasteiger partial charge in [0.15, 0.2) is 23.0 Å². The monoisotopic (exact) mass is 472 g/mol. The molecule has 8 heteroatoms. The highest BCUT2D eigenvalue weighted by Crippen LogP contribution is 2.38. The lowest BCUT2D eigenvalue weighted by molar-refractivity contribution is 0.0119. The van der Waals surface area contributed by atoms with Crippen LogP contribution in [0, 0.1) is 0 Å². The number of carbonyl (C=O) groups excluding carboxylic acids is 1. The van der Waals surface area contributed by atoms with Gasteiger partial charge in [0.05, 0.1) is 34.5 Å². The number of benzene rings is 2. The van der Waals surface area contributed by atoms with Gasteiger partial charge in [-0.25, -0.2) is 4.79 Å². The van der Waals surface area contributed by atoms with E-state index in [0.29, 0.717) is 49.2 Å².